The van der Waals surface area contributed by atoms with Gasteiger partial charge in [0.1, 0.15) is 0 Å². The second-order valence-corrected chi connectivity index (χ2v) is 3.68. The molecule has 3 nitrogen and oxygen atoms in total. The maximum atomic E-state index is 11.6. The molecule has 0 aromatic carbocycles. The van der Waals surface area contributed by atoms with Crippen molar-refractivity contribution in [2.24, 2.45) is 5.92 Å². The van der Waals surface area contributed by atoms with Gasteiger partial charge >= 0.3 is 0 Å². The van der Waals surface area contributed by atoms with Gasteiger partial charge in [0.05, 0.1) is 11.8 Å². The first-order chi connectivity index (χ1) is 6.61. The van der Waals surface area contributed by atoms with E-state index in [1.54, 1.807) is 12.1 Å². The van der Waals surface area contributed by atoms with Gasteiger partial charge in [0.2, 0.25) is 0 Å². The highest BCUT2D eigenvalue weighted by Gasteiger charge is 2.11. The van der Waals surface area contributed by atoms with Crippen molar-refractivity contribution in [3.8, 4) is 0 Å². The van der Waals surface area contributed by atoms with E-state index in [9.17, 15) is 4.79 Å². The highest BCUT2D eigenvalue weighted by atomic mass is 16.1. The highest BCUT2D eigenvalue weighted by molar-refractivity contribution is 5.93. The number of hydrogen-bond acceptors (Lipinski definition) is 2. The fourth-order valence-electron chi connectivity index (χ4n) is 0.911. The summed E-state index contributed by atoms with van der Waals surface area (Å²) in [4.78, 5) is 15.4. The topological polar surface area (TPSA) is 42.0 Å². The molecule has 0 aliphatic rings. The van der Waals surface area contributed by atoms with Crippen LogP contribution in [-0.2, 0) is 0 Å². The number of pyridine rings is 1. The molecule has 1 N–H and O–H groups in total. The summed E-state index contributed by atoms with van der Waals surface area (Å²) in [6, 6.07) is 3.51. The number of rotatable bonds is 3. The largest absolute Gasteiger partial charge is 0.349 e. The van der Waals surface area contributed by atoms with Gasteiger partial charge in [-0.1, -0.05) is 13.8 Å². The van der Waals surface area contributed by atoms with Crippen LogP contribution in [0.25, 0.3) is 0 Å². The Morgan fingerprint density at radius 3 is 2.71 bits per heavy atom. The SMILES string of the molecule is CC(C)C(C)NC(=O)c1cc[c]nc1. The Hall–Kier alpha value is -1.38. The second-order valence-electron chi connectivity index (χ2n) is 3.68. The van der Waals surface area contributed by atoms with Gasteiger partial charge < -0.3 is 5.32 Å². The number of hydrogen-bond donors (Lipinski definition) is 1. The summed E-state index contributed by atoms with van der Waals surface area (Å²) < 4.78 is 0. The molecule has 0 spiro atoms. The van der Waals surface area contributed by atoms with Gasteiger partial charge in [-0.3, -0.25) is 9.78 Å². The van der Waals surface area contributed by atoms with Crippen LogP contribution >= 0.6 is 0 Å². The van der Waals surface area contributed by atoms with Crippen LogP contribution < -0.4 is 5.32 Å². The number of carbonyl (C=O) groups excluding carboxylic acids is 1. The fraction of sp³-hybridized carbons (Fsp3) is 0.455. The third-order valence-electron chi connectivity index (χ3n) is 2.24. The molecule has 3 heteroatoms. The lowest BCUT2D eigenvalue weighted by molar-refractivity contribution is 0.0930. The van der Waals surface area contributed by atoms with Crippen LogP contribution in [0.5, 0.6) is 0 Å². The summed E-state index contributed by atoms with van der Waals surface area (Å²) in [6.45, 7) is 6.13. The van der Waals surface area contributed by atoms with E-state index in [0.29, 0.717) is 11.5 Å². The normalized spacial score (nSPS) is 12.6. The molecule has 0 saturated heterocycles. The molecule has 1 radical (unpaired) electrons. The smallest absolute Gasteiger partial charge is 0.253 e. The van der Waals surface area contributed by atoms with E-state index < -0.39 is 0 Å². The van der Waals surface area contributed by atoms with Gasteiger partial charge in [-0.25, -0.2) is 0 Å². The summed E-state index contributed by atoms with van der Waals surface area (Å²) >= 11 is 0. The van der Waals surface area contributed by atoms with E-state index >= 15 is 0 Å². The summed E-state index contributed by atoms with van der Waals surface area (Å²) in [5.74, 6) is 0.356. The molecule has 0 aliphatic carbocycles. The maximum Gasteiger partial charge on any atom is 0.253 e. The predicted molar refractivity (Wildman–Crippen MR) is 54.8 cm³/mol. The highest BCUT2D eigenvalue weighted by Crippen LogP contribution is 2.02. The first-order valence-corrected chi connectivity index (χ1v) is 4.74. The van der Waals surface area contributed by atoms with E-state index in [0.717, 1.165) is 0 Å². The molecule has 14 heavy (non-hydrogen) atoms. The second kappa shape index (κ2) is 4.74. The lowest BCUT2D eigenvalue weighted by Gasteiger charge is -2.17. The molecule has 1 rings (SSSR count). The Morgan fingerprint density at radius 2 is 2.21 bits per heavy atom. The number of nitrogens with one attached hydrogen (secondary N) is 1. The molecule has 0 fully saturated rings. The Morgan fingerprint density at radius 1 is 1.50 bits per heavy atom. The summed E-state index contributed by atoms with van der Waals surface area (Å²) in [7, 11) is 0. The number of amides is 1. The third-order valence-corrected chi connectivity index (χ3v) is 2.24. The molecule has 1 unspecified atom stereocenters. The molecule has 0 saturated carbocycles. The lowest BCUT2D eigenvalue weighted by atomic mass is 10.1. The van der Waals surface area contributed by atoms with Gasteiger partial charge in [-0.05, 0) is 25.0 Å². The van der Waals surface area contributed by atoms with Crippen molar-refractivity contribution in [2.45, 2.75) is 26.8 Å². The van der Waals surface area contributed by atoms with Crippen LogP contribution in [0.2, 0.25) is 0 Å². The zero-order chi connectivity index (χ0) is 10.6. The summed E-state index contributed by atoms with van der Waals surface area (Å²) in [5.41, 5.74) is 0.580. The molecule has 1 aromatic rings. The van der Waals surface area contributed by atoms with Crippen LogP contribution in [-0.4, -0.2) is 16.9 Å². The van der Waals surface area contributed by atoms with Crippen LogP contribution in [0, 0.1) is 12.1 Å². The van der Waals surface area contributed by atoms with E-state index in [2.05, 4.69) is 30.3 Å². The first-order valence-electron chi connectivity index (χ1n) is 4.74. The van der Waals surface area contributed by atoms with Gasteiger partial charge in [-0.2, -0.15) is 0 Å². The van der Waals surface area contributed by atoms with Crippen molar-refractivity contribution in [1.82, 2.24) is 10.3 Å². The van der Waals surface area contributed by atoms with Crippen molar-refractivity contribution >= 4 is 5.91 Å². The van der Waals surface area contributed by atoms with E-state index in [1.165, 1.54) is 6.20 Å². The predicted octanol–water partition coefficient (Wildman–Crippen LogP) is 1.66. The average molecular weight is 191 g/mol. The maximum absolute atomic E-state index is 11.6. The zero-order valence-corrected chi connectivity index (χ0v) is 8.74. The van der Waals surface area contributed by atoms with E-state index in [4.69, 9.17) is 0 Å². The van der Waals surface area contributed by atoms with Crippen LogP contribution in [0.4, 0.5) is 0 Å². The minimum atomic E-state index is -0.0762. The Balaban J connectivity index is 2.60. The van der Waals surface area contributed by atoms with Gasteiger partial charge in [0.15, 0.2) is 0 Å². The minimum absolute atomic E-state index is 0.0762. The molecule has 75 valence electrons. The molecule has 1 heterocycles. The first kappa shape index (κ1) is 10.7. The zero-order valence-electron chi connectivity index (χ0n) is 8.74. The van der Waals surface area contributed by atoms with Crippen molar-refractivity contribution in [1.29, 1.82) is 0 Å². The molecule has 1 aromatic heterocycles. The third kappa shape index (κ3) is 2.83. The minimum Gasteiger partial charge on any atom is -0.349 e. The summed E-state index contributed by atoms with van der Waals surface area (Å²) in [6.07, 6.45) is 4.15. The quantitative estimate of drug-likeness (QED) is 0.789. The van der Waals surface area contributed by atoms with Crippen LogP contribution in [0.1, 0.15) is 31.1 Å². The molecular weight excluding hydrogens is 176 g/mol. The van der Waals surface area contributed by atoms with Crippen molar-refractivity contribution in [3.05, 3.63) is 30.1 Å². The van der Waals surface area contributed by atoms with Crippen LogP contribution in [0.15, 0.2) is 18.3 Å². The molecular formula is C11H15N2O. The van der Waals surface area contributed by atoms with E-state index in [-0.39, 0.29) is 11.9 Å². The van der Waals surface area contributed by atoms with Crippen molar-refractivity contribution in [3.63, 3.8) is 0 Å². The number of aromatic nitrogens is 1. The van der Waals surface area contributed by atoms with Crippen molar-refractivity contribution in [2.75, 3.05) is 0 Å². The Labute approximate surface area is 84.6 Å². The standard InChI is InChI=1S/C11H15N2O/c1-8(2)9(3)13-11(14)10-5-4-6-12-7-10/h4-5,7-9H,1-3H3,(H,13,14). The average Bonchev–Trinajstić information content (AvgIpc) is 2.19. The fourth-order valence-corrected chi connectivity index (χ4v) is 0.911. The Kier molecular flexibility index (Phi) is 3.63. The lowest BCUT2D eigenvalue weighted by Crippen LogP contribution is -2.36. The molecule has 1 atom stereocenters. The van der Waals surface area contributed by atoms with Gasteiger partial charge in [0.25, 0.3) is 5.91 Å². The Bertz CT molecular complexity index is 295. The summed E-state index contributed by atoms with van der Waals surface area (Å²) in [5, 5.41) is 2.90. The number of carbonyl (C=O) groups is 1. The molecule has 1 amide bonds. The monoisotopic (exact) mass is 191 g/mol. The molecule has 0 bridgehead atoms. The van der Waals surface area contributed by atoms with Gasteiger partial charge in [0, 0.05) is 12.2 Å². The van der Waals surface area contributed by atoms with Crippen molar-refractivity contribution < 1.29 is 4.79 Å². The van der Waals surface area contributed by atoms with Crippen LogP contribution in [0.3, 0.4) is 0 Å². The van der Waals surface area contributed by atoms with Gasteiger partial charge in [-0.15, -0.1) is 0 Å². The van der Waals surface area contributed by atoms with E-state index in [1.807, 2.05) is 6.92 Å². The number of nitrogens with zero attached hydrogens (tertiary/aromatic N) is 1. The molecule has 0 aliphatic heterocycles.